The first-order valence-electron chi connectivity index (χ1n) is 5.86. The van der Waals surface area contributed by atoms with Crippen molar-refractivity contribution in [3.05, 3.63) is 0 Å². The maximum absolute atomic E-state index is 6.13. The molecule has 0 spiro atoms. The molecule has 2 atom stereocenters. The van der Waals surface area contributed by atoms with Gasteiger partial charge in [-0.15, -0.1) is 0 Å². The minimum atomic E-state index is -0.0174. The van der Waals surface area contributed by atoms with Crippen molar-refractivity contribution >= 4 is 0 Å². The summed E-state index contributed by atoms with van der Waals surface area (Å²) in [5, 5.41) is 3.18. The highest BCUT2D eigenvalue weighted by molar-refractivity contribution is 4.77. The molecule has 84 valence electrons. The van der Waals surface area contributed by atoms with Gasteiger partial charge in [0.1, 0.15) is 0 Å². The van der Waals surface area contributed by atoms with Gasteiger partial charge in [-0.2, -0.15) is 0 Å². The molecule has 0 aromatic rings. The molecule has 0 bridgehead atoms. The highest BCUT2D eigenvalue weighted by atomic mass is 16.5. The molecule has 2 unspecified atom stereocenters. The molecule has 1 fully saturated rings. The summed E-state index contributed by atoms with van der Waals surface area (Å²) < 4.78 is 6.13. The minimum Gasteiger partial charge on any atom is -0.371 e. The van der Waals surface area contributed by atoms with Gasteiger partial charge in [0.25, 0.3) is 0 Å². The first-order valence-corrected chi connectivity index (χ1v) is 5.86. The van der Waals surface area contributed by atoms with Crippen molar-refractivity contribution in [3.63, 3.8) is 0 Å². The summed E-state index contributed by atoms with van der Waals surface area (Å²) in [5.74, 6) is 0.846. The maximum atomic E-state index is 6.13. The Labute approximate surface area is 88.4 Å². The summed E-state index contributed by atoms with van der Waals surface area (Å²) in [4.78, 5) is 0. The van der Waals surface area contributed by atoms with Crippen LogP contribution in [0.3, 0.4) is 0 Å². The molecule has 0 aromatic heterocycles. The first-order chi connectivity index (χ1) is 6.53. The quantitative estimate of drug-likeness (QED) is 0.751. The van der Waals surface area contributed by atoms with Crippen LogP contribution in [0.2, 0.25) is 0 Å². The summed E-state index contributed by atoms with van der Waals surface area (Å²) >= 11 is 0. The van der Waals surface area contributed by atoms with Crippen molar-refractivity contribution in [1.29, 1.82) is 0 Å². The summed E-state index contributed by atoms with van der Waals surface area (Å²) in [6.07, 6.45) is 5.69. The van der Waals surface area contributed by atoms with Gasteiger partial charge in [-0.3, -0.25) is 0 Å². The van der Waals surface area contributed by atoms with Gasteiger partial charge in [-0.1, -0.05) is 19.8 Å². The van der Waals surface area contributed by atoms with Gasteiger partial charge in [0.05, 0.1) is 11.7 Å². The number of nitrogens with one attached hydrogen (secondary N) is 1. The first kappa shape index (κ1) is 12.0. The highest BCUT2D eigenvalue weighted by Crippen LogP contribution is 2.28. The third-order valence-corrected chi connectivity index (χ3v) is 2.98. The largest absolute Gasteiger partial charge is 0.371 e. The zero-order chi connectivity index (χ0) is 10.6. The van der Waals surface area contributed by atoms with E-state index in [4.69, 9.17) is 4.74 Å². The Bertz CT molecular complexity index is 168. The molecule has 2 nitrogen and oxygen atoms in total. The Morgan fingerprint density at radius 3 is 2.64 bits per heavy atom. The molecule has 0 amide bonds. The summed E-state index contributed by atoms with van der Waals surface area (Å²) in [6.45, 7) is 7.60. The van der Waals surface area contributed by atoms with Crippen molar-refractivity contribution in [2.75, 3.05) is 13.6 Å². The smallest absolute Gasteiger partial charge is 0.0753 e. The standard InChI is InChI=1S/C12H25NO/c1-10-6-5-7-11(8-10)14-12(2,3)9-13-4/h10-11,13H,5-9H2,1-4H3. The Hall–Kier alpha value is -0.0800. The zero-order valence-electron chi connectivity index (χ0n) is 10.1. The molecule has 1 rings (SSSR count). The molecule has 0 radical (unpaired) electrons. The number of hydrogen-bond acceptors (Lipinski definition) is 2. The summed E-state index contributed by atoms with van der Waals surface area (Å²) in [6, 6.07) is 0. The van der Waals surface area contributed by atoms with Gasteiger partial charge in [-0.05, 0) is 39.7 Å². The number of hydrogen-bond donors (Lipinski definition) is 1. The Kier molecular flexibility index (Phi) is 4.39. The van der Waals surface area contributed by atoms with Crippen LogP contribution in [0.25, 0.3) is 0 Å². The summed E-state index contributed by atoms with van der Waals surface area (Å²) in [7, 11) is 1.98. The van der Waals surface area contributed by atoms with Gasteiger partial charge in [0, 0.05) is 6.54 Å². The van der Waals surface area contributed by atoms with Crippen LogP contribution < -0.4 is 5.32 Å². The van der Waals surface area contributed by atoms with Crippen LogP contribution in [-0.4, -0.2) is 25.3 Å². The molecular formula is C12H25NO. The van der Waals surface area contributed by atoms with E-state index >= 15 is 0 Å². The van der Waals surface area contributed by atoms with Gasteiger partial charge >= 0.3 is 0 Å². The van der Waals surface area contributed by atoms with E-state index in [2.05, 4.69) is 26.1 Å². The van der Waals surface area contributed by atoms with E-state index in [9.17, 15) is 0 Å². The second-order valence-electron chi connectivity index (χ2n) is 5.30. The monoisotopic (exact) mass is 199 g/mol. The molecule has 0 aromatic carbocycles. The molecule has 2 heteroatoms. The van der Waals surface area contributed by atoms with Gasteiger partial charge in [0.15, 0.2) is 0 Å². The molecule has 14 heavy (non-hydrogen) atoms. The lowest BCUT2D eigenvalue weighted by Crippen LogP contribution is -2.40. The Morgan fingerprint density at radius 1 is 1.36 bits per heavy atom. The van der Waals surface area contributed by atoms with Gasteiger partial charge < -0.3 is 10.1 Å². The predicted octanol–water partition coefficient (Wildman–Crippen LogP) is 2.58. The molecule has 0 aliphatic heterocycles. The molecule has 1 N–H and O–H groups in total. The lowest BCUT2D eigenvalue weighted by Gasteiger charge is -2.34. The molecule has 1 saturated carbocycles. The lowest BCUT2D eigenvalue weighted by atomic mass is 9.88. The van der Waals surface area contributed by atoms with Crippen molar-refractivity contribution in [1.82, 2.24) is 5.32 Å². The fraction of sp³-hybridized carbons (Fsp3) is 1.00. The van der Waals surface area contributed by atoms with Crippen LogP contribution in [0.5, 0.6) is 0 Å². The van der Waals surface area contributed by atoms with Crippen LogP contribution in [-0.2, 0) is 4.74 Å². The van der Waals surface area contributed by atoms with E-state index in [0.29, 0.717) is 6.10 Å². The molecule has 0 saturated heterocycles. The minimum absolute atomic E-state index is 0.0174. The van der Waals surface area contributed by atoms with Crippen LogP contribution in [0.1, 0.15) is 46.5 Å². The van der Waals surface area contributed by atoms with E-state index in [-0.39, 0.29) is 5.60 Å². The van der Waals surface area contributed by atoms with Crippen molar-refractivity contribution < 1.29 is 4.74 Å². The third-order valence-electron chi connectivity index (χ3n) is 2.98. The number of rotatable bonds is 4. The molecular weight excluding hydrogens is 174 g/mol. The third kappa shape index (κ3) is 3.97. The number of ether oxygens (including phenoxy) is 1. The maximum Gasteiger partial charge on any atom is 0.0753 e. The molecule has 0 heterocycles. The molecule has 1 aliphatic carbocycles. The average molecular weight is 199 g/mol. The van der Waals surface area contributed by atoms with Crippen LogP contribution in [0, 0.1) is 5.92 Å². The Morgan fingerprint density at radius 2 is 2.07 bits per heavy atom. The van der Waals surface area contributed by atoms with Crippen LogP contribution >= 0.6 is 0 Å². The van der Waals surface area contributed by atoms with Crippen LogP contribution in [0.4, 0.5) is 0 Å². The fourth-order valence-corrected chi connectivity index (χ4v) is 2.40. The zero-order valence-corrected chi connectivity index (χ0v) is 10.1. The van der Waals surface area contributed by atoms with E-state index in [1.807, 2.05) is 7.05 Å². The van der Waals surface area contributed by atoms with Gasteiger partial charge in [-0.25, -0.2) is 0 Å². The van der Waals surface area contributed by atoms with Crippen molar-refractivity contribution in [2.24, 2.45) is 5.92 Å². The predicted molar refractivity (Wildman–Crippen MR) is 60.5 cm³/mol. The molecule has 1 aliphatic rings. The Balaban J connectivity index is 2.34. The summed E-state index contributed by atoms with van der Waals surface area (Å²) in [5.41, 5.74) is -0.0174. The lowest BCUT2D eigenvalue weighted by molar-refractivity contribution is -0.0881. The SMILES string of the molecule is CNCC(C)(C)OC1CCCC(C)C1. The van der Waals surface area contributed by atoms with E-state index < -0.39 is 0 Å². The fourth-order valence-electron chi connectivity index (χ4n) is 2.40. The van der Waals surface area contributed by atoms with Crippen molar-refractivity contribution in [2.45, 2.75) is 58.2 Å². The second-order valence-corrected chi connectivity index (χ2v) is 5.30. The average Bonchev–Trinajstić information content (AvgIpc) is 2.02. The highest BCUT2D eigenvalue weighted by Gasteiger charge is 2.26. The van der Waals surface area contributed by atoms with Gasteiger partial charge in [0.2, 0.25) is 0 Å². The van der Waals surface area contributed by atoms with Crippen molar-refractivity contribution in [3.8, 4) is 0 Å². The normalized spacial score (nSPS) is 29.1. The topological polar surface area (TPSA) is 21.3 Å². The number of likely N-dealkylation sites (N-methyl/N-ethyl adjacent to an activating group) is 1. The second kappa shape index (κ2) is 5.13. The van der Waals surface area contributed by atoms with E-state index in [1.165, 1.54) is 25.7 Å². The van der Waals surface area contributed by atoms with Crippen LogP contribution in [0.15, 0.2) is 0 Å². The van der Waals surface area contributed by atoms with E-state index in [0.717, 1.165) is 12.5 Å². The van der Waals surface area contributed by atoms with E-state index in [1.54, 1.807) is 0 Å².